The number of hydrogen-bond acceptors (Lipinski definition) is 5. The molecular weight excluding hydrogens is 425 g/mol. The number of halogens is 5. The van der Waals surface area contributed by atoms with Crippen LogP contribution in [0.15, 0.2) is 54.6 Å². The molecule has 2 aromatic carbocycles. The molecule has 0 atom stereocenters. The van der Waals surface area contributed by atoms with Crippen LogP contribution in [-0.4, -0.2) is 17.3 Å². The van der Waals surface area contributed by atoms with Gasteiger partial charge in [-0.05, 0) is 42.0 Å². The van der Waals surface area contributed by atoms with E-state index in [9.17, 15) is 26.7 Å². The van der Waals surface area contributed by atoms with Gasteiger partial charge in [0.2, 0.25) is 5.95 Å². The van der Waals surface area contributed by atoms with Crippen LogP contribution < -0.4 is 20.5 Å². The van der Waals surface area contributed by atoms with Crippen LogP contribution in [-0.2, 0) is 6.54 Å². The quantitative estimate of drug-likeness (QED) is 0.434. The minimum absolute atomic E-state index is 0.0229. The number of hydrogen-bond donors (Lipinski definition) is 2. The SMILES string of the molecule is Nc1nc(F)ccc1C(=O)NCc1ccc(Oc2ccc(OC(F)(F)F)cc2F)cc1. The van der Waals surface area contributed by atoms with E-state index in [0.29, 0.717) is 11.6 Å². The van der Waals surface area contributed by atoms with Gasteiger partial charge in [0.1, 0.15) is 17.3 Å². The highest BCUT2D eigenvalue weighted by atomic mass is 19.4. The molecule has 0 saturated heterocycles. The molecule has 0 aliphatic rings. The summed E-state index contributed by atoms with van der Waals surface area (Å²) in [4.78, 5) is 15.5. The van der Waals surface area contributed by atoms with Crippen molar-refractivity contribution in [3.8, 4) is 17.2 Å². The molecular formula is C20H14F5N3O3. The number of anilines is 1. The lowest BCUT2D eigenvalue weighted by atomic mass is 10.2. The summed E-state index contributed by atoms with van der Waals surface area (Å²) in [5.41, 5.74) is 6.19. The van der Waals surface area contributed by atoms with Gasteiger partial charge in [0.25, 0.3) is 5.91 Å². The van der Waals surface area contributed by atoms with Gasteiger partial charge in [0.15, 0.2) is 11.6 Å². The summed E-state index contributed by atoms with van der Waals surface area (Å²) in [6, 6.07) is 10.8. The van der Waals surface area contributed by atoms with Crippen molar-refractivity contribution in [3.63, 3.8) is 0 Å². The lowest BCUT2D eigenvalue weighted by Gasteiger charge is -2.11. The number of pyridine rings is 1. The van der Waals surface area contributed by atoms with Gasteiger partial charge < -0.3 is 20.5 Å². The van der Waals surface area contributed by atoms with Gasteiger partial charge >= 0.3 is 6.36 Å². The highest BCUT2D eigenvalue weighted by molar-refractivity contribution is 5.98. The van der Waals surface area contributed by atoms with Crippen molar-refractivity contribution < 1.29 is 36.2 Å². The number of nitrogens with two attached hydrogens (primary N) is 1. The van der Waals surface area contributed by atoms with Crippen LogP contribution in [0.1, 0.15) is 15.9 Å². The number of rotatable bonds is 6. The summed E-state index contributed by atoms with van der Waals surface area (Å²) in [5.74, 6) is -3.42. The van der Waals surface area contributed by atoms with Gasteiger partial charge in [-0.2, -0.15) is 4.39 Å². The Hall–Kier alpha value is -3.89. The molecule has 1 aromatic heterocycles. The van der Waals surface area contributed by atoms with Crippen LogP contribution in [0.5, 0.6) is 17.2 Å². The second-order valence-electron chi connectivity index (χ2n) is 6.14. The summed E-state index contributed by atoms with van der Waals surface area (Å²) >= 11 is 0. The van der Waals surface area contributed by atoms with Crippen molar-refractivity contribution in [2.24, 2.45) is 0 Å². The predicted octanol–water partition coefficient (Wildman–Crippen LogP) is 4.56. The molecule has 162 valence electrons. The fourth-order valence-electron chi connectivity index (χ4n) is 2.48. The number of amides is 1. The minimum Gasteiger partial charge on any atom is -0.454 e. The van der Waals surface area contributed by atoms with Crippen molar-refractivity contribution in [1.82, 2.24) is 10.3 Å². The Morgan fingerprint density at radius 2 is 1.68 bits per heavy atom. The normalized spacial score (nSPS) is 11.1. The Labute approximate surface area is 172 Å². The van der Waals surface area contributed by atoms with Gasteiger partial charge in [0, 0.05) is 12.6 Å². The number of benzene rings is 2. The average Bonchev–Trinajstić information content (AvgIpc) is 2.68. The Kier molecular flexibility index (Phi) is 6.23. The summed E-state index contributed by atoms with van der Waals surface area (Å²) < 4.78 is 72.4. The average molecular weight is 439 g/mol. The van der Waals surface area contributed by atoms with E-state index in [2.05, 4.69) is 15.0 Å². The van der Waals surface area contributed by atoms with Gasteiger partial charge in [-0.1, -0.05) is 12.1 Å². The van der Waals surface area contributed by atoms with Crippen molar-refractivity contribution in [2.45, 2.75) is 12.9 Å². The van der Waals surface area contributed by atoms with Crippen molar-refractivity contribution >= 4 is 11.7 Å². The van der Waals surface area contributed by atoms with E-state index in [1.54, 1.807) is 12.1 Å². The number of carbonyl (C=O) groups excluding carboxylic acids is 1. The van der Waals surface area contributed by atoms with E-state index in [-0.39, 0.29) is 29.4 Å². The molecule has 0 fully saturated rings. The summed E-state index contributed by atoms with van der Waals surface area (Å²) in [7, 11) is 0. The topological polar surface area (TPSA) is 86.5 Å². The van der Waals surface area contributed by atoms with Crippen molar-refractivity contribution in [1.29, 1.82) is 0 Å². The minimum atomic E-state index is -4.93. The number of ether oxygens (including phenoxy) is 2. The summed E-state index contributed by atoms with van der Waals surface area (Å²) in [6.07, 6.45) is -4.93. The Bertz CT molecular complexity index is 1090. The third-order valence-corrected chi connectivity index (χ3v) is 3.88. The van der Waals surface area contributed by atoms with Crippen molar-refractivity contribution in [3.05, 3.63) is 77.5 Å². The molecule has 11 heteroatoms. The fraction of sp³-hybridized carbons (Fsp3) is 0.100. The molecule has 1 heterocycles. The summed E-state index contributed by atoms with van der Waals surface area (Å²) in [6.45, 7) is 0.105. The third-order valence-electron chi connectivity index (χ3n) is 3.88. The van der Waals surface area contributed by atoms with E-state index in [1.807, 2.05) is 0 Å². The lowest BCUT2D eigenvalue weighted by molar-refractivity contribution is -0.274. The zero-order valence-electron chi connectivity index (χ0n) is 15.5. The molecule has 3 rings (SSSR count). The maximum Gasteiger partial charge on any atom is 0.573 e. The molecule has 0 spiro atoms. The van der Waals surface area contributed by atoms with E-state index >= 15 is 0 Å². The van der Waals surface area contributed by atoms with Gasteiger partial charge in [-0.15, -0.1) is 13.2 Å². The lowest BCUT2D eigenvalue weighted by Crippen LogP contribution is -2.24. The zero-order valence-corrected chi connectivity index (χ0v) is 15.5. The Morgan fingerprint density at radius 3 is 2.29 bits per heavy atom. The van der Waals surface area contributed by atoms with E-state index in [0.717, 1.165) is 18.2 Å². The molecule has 0 aliphatic carbocycles. The first-order valence-electron chi connectivity index (χ1n) is 8.63. The van der Waals surface area contributed by atoms with Crippen LogP contribution in [0.2, 0.25) is 0 Å². The highest BCUT2D eigenvalue weighted by Crippen LogP contribution is 2.30. The van der Waals surface area contributed by atoms with Crippen LogP contribution in [0.4, 0.5) is 27.8 Å². The van der Waals surface area contributed by atoms with E-state index < -0.39 is 29.8 Å². The molecule has 0 unspecified atom stereocenters. The van der Waals surface area contributed by atoms with Gasteiger partial charge in [0.05, 0.1) is 5.56 Å². The van der Waals surface area contributed by atoms with Gasteiger partial charge in [-0.3, -0.25) is 4.79 Å². The van der Waals surface area contributed by atoms with Crippen LogP contribution in [0.3, 0.4) is 0 Å². The van der Waals surface area contributed by atoms with Crippen LogP contribution >= 0.6 is 0 Å². The first kappa shape index (κ1) is 21.8. The first-order valence-corrected chi connectivity index (χ1v) is 8.63. The monoisotopic (exact) mass is 439 g/mol. The van der Waals surface area contributed by atoms with Crippen LogP contribution in [0.25, 0.3) is 0 Å². The molecule has 0 bridgehead atoms. The molecule has 0 aliphatic heterocycles. The smallest absolute Gasteiger partial charge is 0.454 e. The second kappa shape index (κ2) is 8.86. The number of carbonyl (C=O) groups is 1. The van der Waals surface area contributed by atoms with Gasteiger partial charge in [-0.25, -0.2) is 9.37 Å². The third kappa shape index (κ3) is 6.04. The summed E-state index contributed by atoms with van der Waals surface area (Å²) in [5, 5.41) is 2.59. The predicted molar refractivity (Wildman–Crippen MR) is 99.4 cm³/mol. The highest BCUT2D eigenvalue weighted by Gasteiger charge is 2.31. The van der Waals surface area contributed by atoms with E-state index in [4.69, 9.17) is 10.5 Å². The number of nitrogens with zero attached hydrogens (tertiary/aromatic N) is 1. The molecule has 3 N–H and O–H groups in total. The Morgan fingerprint density at radius 1 is 1.00 bits per heavy atom. The molecule has 31 heavy (non-hydrogen) atoms. The zero-order chi connectivity index (χ0) is 22.6. The molecule has 0 saturated carbocycles. The number of alkyl halides is 3. The number of nitrogen functional groups attached to an aromatic ring is 1. The number of nitrogens with one attached hydrogen (secondary N) is 1. The largest absolute Gasteiger partial charge is 0.573 e. The molecule has 1 amide bonds. The second-order valence-corrected chi connectivity index (χ2v) is 6.14. The molecule has 6 nitrogen and oxygen atoms in total. The maximum absolute atomic E-state index is 14.0. The van der Waals surface area contributed by atoms with Crippen molar-refractivity contribution in [2.75, 3.05) is 5.73 Å². The first-order chi connectivity index (χ1) is 14.6. The molecule has 0 radical (unpaired) electrons. The van der Waals surface area contributed by atoms with E-state index in [1.165, 1.54) is 18.2 Å². The Balaban J connectivity index is 1.59. The maximum atomic E-state index is 14.0. The molecule has 3 aromatic rings. The fourth-order valence-corrected chi connectivity index (χ4v) is 2.48. The standard InChI is InChI=1S/C20H14F5N3O3/c21-15-9-13(31-20(23,24)25)5-7-16(15)30-12-3-1-11(2-4-12)10-27-19(29)14-6-8-17(22)28-18(14)26/h1-9H,10H2,(H2,26,28)(H,27,29). The number of aromatic nitrogens is 1. The van der Waals surface area contributed by atoms with Crippen LogP contribution in [0, 0.1) is 11.8 Å².